The average molecular weight is 645 g/mol. The summed E-state index contributed by atoms with van der Waals surface area (Å²) < 4.78 is 10.5. The Bertz CT molecular complexity index is 1390. The molecule has 4 rings (SSSR count). The third kappa shape index (κ3) is 12.7. The summed E-state index contributed by atoms with van der Waals surface area (Å²) in [4.78, 5) is 41.3. The fraction of sp³-hybridized carbons (Fsp3) is 0.432. The molecule has 1 fully saturated rings. The molecule has 1 heterocycles. The number of carbonyl (C=O) groups is 3. The van der Waals surface area contributed by atoms with Crippen LogP contribution in [0.5, 0.6) is 5.75 Å². The lowest BCUT2D eigenvalue weighted by atomic mass is 10.0. The van der Waals surface area contributed by atoms with Crippen LogP contribution < -0.4 is 10.6 Å². The maximum Gasteiger partial charge on any atom is 0.411 e. The quantitative estimate of drug-likeness (QED) is 0.124. The van der Waals surface area contributed by atoms with Gasteiger partial charge in [0.15, 0.2) is 0 Å². The predicted octanol–water partition coefficient (Wildman–Crippen LogP) is 5.81. The number of phenolic OH excluding ortho intramolecular Hbond substituents is 1. The number of nitrogens with zero attached hydrogens (tertiary/aromatic N) is 2. The molecule has 0 unspecified atom stereocenters. The number of rotatable bonds is 17. The van der Waals surface area contributed by atoms with Crippen LogP contribution in [-0.2, 0) is 25.6 Å². The van der Waals surface area contributed by atoms with E-state index in [1.807, 2.05) is 66.7 Å². The Kier molecular flexibility index (Phi) is 14.6. The molecule has 10 heteroatoms. The number of ether oxygens (including phenoxy) is 2. The minimum Gasteiger partial charge on any atom is -0.508 e. The predicted molar refractivity (Wildman–Crippen MR) is 183 cm³/mol. The number of carbonyl (C=O) groups excluding carboxylic acids is 3. The van der Waals surface area contributed by atoms with Gasteiger partial charge in [-0.3, -0.25) is 19.8 Å². The van der Waals surface area contributed by atoms with Crippen LogP contribution in [0.1, 0.15) is 50.5 Å². The highest BCUT2D eigenvalue weighted by atomic mass is 16.6. The molecule has 3 aromatic rings. The zero-order valence-corrected chi connectivity index (χ0v) is 27.4. The van der Waals surface area contributed by atoms with Crippen molar-refractivity contribution in [2.75, 3.05) is 51.7 Å². The highest BCUT2D eigenvalue weighted by molar-refractivity contribution is 5.91. The van der Waals surface area contributed by atoms with Crippen molar-refractivity contribution in [3.05, 3.63) is 84.4 Å². The number of hydrogen-bond donors (Lipinski definition) is 3. The number of anilines is 1. The maximum atomic E-state index is 12.7. The summed E-state index contributed by atoms with van der Waals surface area (Å²) >= 11 is 0. The molecule has 2 amide bonds. The van der Waals surface area contributed by atoms with Crippen LogP contribution in [-0.4, -0.2) is 85.4 Å². The van der Waals surface area contributed by atoms with Crippen LogP contribution >= 0.6 is 0 Å². The van der Waals surface area contributed by atoms with Gasteiger partial charge in [-0.1, -0.05) is 67.1 Å². The van der Waals surface area contributed by atoms with Gasteiger partial charge in [-0.25, -0.2) is 4.79 Å². The van der Waals surface area contributed by atoms with Crippen molar-refractivity contribution >= 4 is 23.7 Å². The number of amides is 2. The Morgan fingerprint density at radius 2 is 1.60 bits per heavy atom. The van der Waals surface area contributed by atoms with Gasteiger partial charge < -0.3 is 24.8 Å². The number of methoxy groups -OCH3 is 1. The normalized spacial score (nSPS) is 13.7. The van der Waals surface area contributed by atoms with Gasteiger partial charge in [-0.15, -0.1) is 0 Å². The molecule has 0 spiro atoms. The fourth-order valence-electron chi connectivity index (χ4n) is 5.70. The van der Waals surface area contributed by atoms with E-state index in [4.69, 9.17) is 9.47 Å². The van der Waals surface area contributed by atoms with Crippen LogP contribution in [0.3, 0.4) is 0 Å². The molecule has 0 bridgehead atoms. The van der Waals surface area contributed by atoms with E-state index in [-0.39, 0.29) is 23.7 Å². The van der Waals surface area contributed by atoms with Crippen molar-refractivity contribution in [3.8, 4) is 16.9 Å². The third-order valence-electron chi connectivity index (χ3n) is 8.39. The molecular weight excluding hydrogens is 596 g/mol. The van der Waals surface area contributed by atoms with Crippen molar-refractivity contribution in [1.29, 1.82) is 0 Å². The molecule has 0 aliphatic carbocycles. The number of para-hydroxylation sites is 1. The molecule has 0 atom stereocenters. The zero-order chi connectivity index (χ0) is 33.3. The molecule has 1 aliphatic rings. The lowest BCUT2D eigenvalue weighted by Gasteiger charge is -2.31. The smallest absolute Gasteiger partial charge is 0.411 e. The Hall–Kier alpha value is -4.41. The number of unbranched alkanes of at least 4 members (excludes halogenated alkanes) is 2. The van der Waals surface area contributed by atoms with Gasteiger partial charge in [-0.05, 0) is 61.6 Å². The number of esters is 1. The third-order valence-corrected chi connectivity index (χ3v) is 8.39. The number of piperidine rings is 1. The molecule has 3 N–H and O–H groups in total. The molecule has 3 aromatic carbocycles. The summed E-state index contributed by atoms with van der Waals surface area (Å²) in [5, 5.41) is 15.5. The summed E-state index contributed by atoms with van der Waals surface area (Å²) in [7, 11) is 1.40. The van der Waals surface area contributed by atoms with Crippen LogP contribution in [0.2, 0.25) is 0 Å². The van der Waals surface area contributed by atoms with E-state index in [0.717, 1.165) is 74.1 Å². The summed E-state index contributed by atoms with van der Waals surface area (Å²) in [5.41, 5.74) is 3.76. The molecule has 0 aromatic heterocycles. The van der Waals surface area contributed by atoms with Gasteiger partial charge >= 0.3 is 12.1 Å². The van der Waals surface area contributed by atoms with Crippen molar-refractivity contribution in [2.24, 2.45) is 0 Å². The van der Waals surface area contributed by atoms with Gasteiger partial charge in [0, 0.05) is 51.3 Å². The van der Waals surface area contributed by atoms with Crippen molar-refractivity contribution in [3.63, 3.8) is 0 Å². The molecule has 0 radical (unpaired) electrons. The molecule has 252 valence electrons. The molecule has 10 nitrogen and oxygen atoms in total. The summed E-state index contributed by atoms with van der Waals surface area (Å²) in [6, 6.07) is 24.7. The van der Waals surface area contributed by atoms with Gasteiger partial charge in [0.2, 0.25) is 5.91 Å². The first kappa shape index (κ1) is 35.4. The molecular formula is C37H48N4O6. The second-order valence-electron chi connectivity index (χ2n) is 11.9. The van der Waals surface area contributed by atoms with Crippen molar-refractivity contribution in [2.45, 2.75) is 57.6 Å². The second kappa shape index (κ2) is 19.3. The first-order valence-corrected chi connectivity index (χ1v) is 16.6. The van der Waals surface area contributed by atoms with E-state index in [2.05, 4.69) is 20.4 Å². The Morgan fingerprint density at radius 3 is 2.34 bits per heavy atom. The van der Waals surface area contributed by atoms with Crippen molar-refractivity contribution < 1.29 is 29.0 Å². The van der Waals surface area contributed by atoms with E-state index >= 15 is 0 Å². The van der Waals surface area contributed by atoms with Gasteiger partial charge in [0.05, 0.1) is 19.2 Å². The van der Waals surface area contributed by atoms with Crippen LogP contribution in [0.4, 0.5) is 10.5 Å². The van der Waals surface area contributed by atoms with E-state index in [1.54, 1.807) is 12.1 Å². The monoisotopic (exact) mass is 644 g/mol. The Labute approximate surface area is 278 Å². The van der Waals surface area contributed by atoms with Gasteiger partial charge in [0.1, 0.15) is 11.9 Å². The Balaban J connectivity index is 1.06. The molecule has 1 aliphatic heterocycles. The van der Waals surface area contributed by atoms with Gasteiger partial charge in [-0.2, -0.15) is 0 Å². The zero-order valence-electron chi connectivity index (χ0n) is 27.4. The number of likely N-dealkylation sites (tertiary alicyclic amines) is 1. The standard InChI is InChI=1S/C37H48N4O6/c1-46-36(44)21-27-41(28-29-14-16-31(42)17-15-29)23-9-3-8-22-38-35(43)20-26-40-24-18-32(19-25-40)47-37(45)39-34-13-7-6-12-33(34)30-10-4-2-5-11-30/h2,4-7,10-17,32,42H,3,8-9,18-28H2,1H3,(H,38,43)(H,39,45). The minimum atomic E-state index is -0.447. The van der Waals surface area contributed by atoms with Crippen molar-refractivity contribution in [1.82, 2.24) is 15.1 Å². The number of aromatic hydroxyl groups is 1. The lowest BCUT2D eigenvalue weighted by molar-refractivity contribution is -0.141. The van der Waals surface area contributed by atoms with E-state index in [0.29, 0.717) is 39.0 Å². The second-order valence-corrected chi connectivity index (χ2v) is 11.9. The van der Waals surface area contributed by atoms with Gasteiger partial charge in [0.25, 0.3) is 0 Å². The number of phenols is 1. The topological polar surface area (TPSA) is 120 Å². The van der Waals surface area contributed by atoms with E-state index < -0.39 is 6.09 Å². The van der Waals surface area contributed by atoms with Crippen LogP contribution in [0.15, 0.2) is 78.9 Å². The molecule has 1 saturated heterocycles. The van der Waals surface area contributed by atoms with E-state index in [1.165, 1.54) is 7.11 Å². The van der Waals surface area contributed by atoms with Crippen LogP contribution in [0, 0.1) is 0 Å². The number of benzene rings is 3. The first-order valence-electron chi connectivity index (χ1n) is 16.6. The summed E-state index contributed by atoms with van der Waals surface area (Å²) in [6.07, 6.45) is 4.44. The summed E-state index contributed by atoms with van der Waals surface area (Å²) in [6.45, 7) is 5.00. The maximum absolute atomic E-state index is 12.7. The summed E-state index contributed by atoms with van der Waals surface area (Å²) in [5.74, 6) is 0.0480. The van der Waals surface area contributed by atoms with Crippen LogP contribution in [0.25, 0.3) is 11.1 Å². The Morgan fingerprint density at radius 1 is 0.872 bits per heavy atom. The minimum absolute atomic E-state index is 0.0480. The number of hydrogen-bond acceptors (Lipinski definition) is 8. The fourth-order valence-corrected chi connectivity index (χ4v) is 5.70. The highest BCUT2D eigenvalue weighted by Crippen LogP contribution is 2.28. The average Bonchev–Trinajstić information content (AvgIpc) is 3.09. The molecule has 0 saturated carbocycles. The number of nitrogens with one attached hydrogen (secondary N) is 2. The highest BCUT2D eigenvalue weighted by Gasteiger charge is 2.23. The SMILES string of the molecule is COC(=O)CCN(CCCCCNC(=O)CCN1CCC(OC(=O)Nc2ccccc2-c2ccccc2)CC1)Cc1ccc(O)cc1. The largest absolute Gasteiger partial charge is 0.508 e. The van der Waals surface area contributed by atoms with E-state index in [9.17, 15) is 19.5 Å². The lowest BCUT2D eigenvalue weighted by Crippen LogP contribution is -2.40. The molecule has 47 heavy (non-hydrogen) atoms. The first-order chi connectivity index (χ1) is 22.9.